The molecule has 0 aliphatic heterocycles. The van der Waals surface area contributed by atoms with Gasteiger partial charge in [0.1, 0.15) is 0 Å². The van der Waals surface area contributed by atoms with E-state index < -0.39 is 0 Å². The number of nitrogens with one attached hydrogen (secondary N) is 1. The van der Waals surface area contributed by atoms with Crippen molar-refractivity contribution in [3.63, 3.8) is 0 Å². The lowest BCUT2D eigenvalue weighted by Gasteiger charge is -2.05. The van der Waals surface area contributed by atoms with E-state index in [2.05, 4.69) is 5.48 Å². The second-order valence-corrected chi connectivity index (χ2v) is 3.26. The molecule has 0 saturated heterocycles. The molecule has 0 aliphatic rings. The van der Waals surface area contributed by atoms with Gasteiger partial charge in [-0.15, -0.1) is 0 Å². The summed E-state index contributed by atoms with van der Waals surface area (Å²) in [5.74, 6) is -0.335. The number of carbonyl (C=O) groups is 1. The Morgan fingerprint density at radius 2 is 1.86 bits per heavy atom. The Kier molecular flexibility index (Phi) is 3.65. The molecule has 0 saturated carbocycles. The van der Waals surface area contributed by atoms with E-state index in [1.165, 1.54) is 0 Å². The zero-order valence-electron chi connectivity index (χ0n) is 8.76. The molecule has 0 atom stereocenters. The van der Waals surface area contributed by atoms with Gasteiger partial charge in [-0.2, -0.15) is 5.48 Å². The summed E-state index contributed by atoms with van der Waals surface area (Å²) in [6, 6.07) is 5.64. The normalized spacial score (nSPS) is 9.93. The highest BCUT2D eigenvalue weighted by atomic mass is 16.7. The maximum absolute atomic E-state index is 11.4. The van der Waals surface area contributed by atoms with Crippen molar-refractivity contribution < 1.29 is 9.63 Å². The van der Waals surface area contributed by atoms with Crippen LogP contribution in [0.25, 0.3) is 0 Å². The largest absolute Gasteiger partial charge is 0.367 e. The summed E-state index contributed by atoms with van der Waals surface area (Å²) in [4.78, 5) is 16.2. The van der Waals surface area contributed by atoms with Gasteiger partial charge in [0.05, 0.1) is 5.56 Å². The van der Waals surface area contributed by atoms with Gasteiger partial charge in [0, 0.05) is 6.54 Å². The standard InChI is InChI=1S/C11H15NO2/c1-4-12-14-11(13)10-6-8(2)5-9(3)7-10/h5-7,12H,4H2,1-3H3. The van der Waals surface area contributed by atoms with E-state index in [-0.39, 0.29) is 5.97 Å². The van der Waals surface area contributed by atoms with Gasteiger partial charge < -0.3 is 4.84 Å². The molecule has 0 aromatic heterocycles. The molecule has 0 spiro atoms. The van der Waals surface area contributed by atoms with Crippen molar-refractivity contribution >= 4 is 5.97 Å². The molecule has 76 valence electrons. The van der Waals surface area contributed by atoms with Crippen molar-refractivity contribution in [2.24, 2.45) is 0 Å². The fourth-order valence-corrected chi connectivity index (χ4v) is 1.29. The Labute approximate surface area is 84.0 Å². The van der Waals surface area contributed by atoms with Crippen LogP contribution in [-0.2, 0) is 4.84 Å². The summed E-state index contributed by atoms with van der Waals surface area (Å²) < 4.78 is 0. The van der Waals surface area contributed by atoms with Gasteiger partial charge in [0.15, 0.2) is 0 Å². The highest BCUT2D eigenvalue weighted by molar-refractivity contribution is 5.89. The summed E-state index contributed by atoms with van der Waals surface area (Å²) in [5.41, 5.74) is 5.25. The van der Waals surface area contributed by atoms with E-state index in [1.807, 2.05) is 39.0 Å². The zero-order chi connectivity index (χ0) is 10.6. The van der Waals surface area contributed by atoms with Crippen LogP contribution < -0.4 is 5.48 Å². The third kappa shape index (κ3) is 2.85. The molecule has 3 heteroatoms. The smallest absolute Gasteiger partial charge is 0.356 e. The highest BCUT2D eigenvalue weighted by Gasteiger charge is 2.07. The van der Waals surface area contributed by atoms with E-state index >= 15 is 0 Å². The number of rotatable bonds is 3. The summed E-state index contributed by atoms with van der Waals surface area (Å²) in [6.07, 6.45) is 0. The van der Waals surface area contributed by atoms with E-state index in [0.717, 1.165) is 11.1 Å². The van der Waals surface area contributed by atoms with Gasteiger partial charge in [0.25, 0.3) is 0 Å². The SMILES string of the molecule is CCNOC(=O)c1cc(C)cc(C)c1. The van der Waals surface area contributed by atoms with Crippen molar-refractivity contribution in [3.8, 4) is 0 Å². The van der Waals surface area contributed by atoms with Crippen molar-refractivity contribution in [3.05, 3.63) is 34.9 Å². The maximum Gasteiger partial charge on any atom is 0.356 e. The molecular formula is C11H15NO2. The lowest BCUT2D eigenvalue weighted by atomic mass is 10.1. The maximum atomic E-state index is 11.4. The van der Waals surface area contributed by atoms with Crippen LogP contribution in [0.15, 0.2) is 18.2 Å². The lowest BCUT2D eigenvalue weighted by molar-refractivity contribution is 0.0265. The van der Waals surface area contributed by atoms with Crippen LogP contribution in [0, 0.1) is 13.8 Å². The fourth-order valence-electron chi connectivity index (χ4n) is 1.29. The Morgan fingerprint density at radius 1 is 1.29 bits per heavy atom. The molecule has 1 aromatic carbocycles. The van der Waals surface area contributed by atoms with Crippen molar-refractivity contribution in [1.82, 2.24) is 5.48 Å². The van der Waals surface area contributed by atoms with E-state index in [9.17, 15) is 4.79 Å². The molecule has 0 fully saturated rings. The number of hydrogen-bond acceptors (Lipinski definition) is 3. The van der Waals surface area contributed by atoms with Crippen molar-refractivity contribution in [2.75, 3.05) is 6.54 Å². The van der Waals surface area contributed by atoms with Crippen LogP contribution in [0.5, 0.6) is 0 Å². The Hall–Kier alpha value is -1.35. The predicted octanol–water partition coefficient (Wildman–Crippen LogP) is 1.98. The van der Waals surface area contributed by atoms with Crippen molar-refractivity contribution in [1.29, 1.82) is 0 Å². The molecule has 1 rings (SSSR count). The Bertz CT molecular complexity index is 314. The van der Waals surface area contributed by atoms with Crippen molar-refractivity contribution in [2.45, 2.75) is 20.8 Å². The monoisotopic (exact) mass is 193 g/mol. The topological polar surface area (TPSA) is 38.3 Å². The molecule has 1 aromatic rings. The molecule has 0 aliphatic carbocycles. The van der Waals surface area contributed by atoms with Crippen LogP contribution in [0.2, 0.25) is 0 Å². The predicted molar refractivity (Wildman–Crippen MR) is 55.0 cm³/mol. The van der Waals surface area contributed by atoms with Gasteiger partial charge in [-0.25, -0.2) is 4.79 Å². The van der Waals surface area contributed by atoms with Gasteiger partial charge in [-0.05, 0) is 32.9 Å². The van der Waals surface area contributed by atoms with Gasteiger partial charge >= 0.3 is 5.97 Å². The second kappa shape index (κ2) is 4.77. The molecule has 0 radical (unpaired) electrons. The Balaban J connectivity index is 2.79. The van der Waals surface area contributed by atoms with Gasteiger partial charge in [0.2, 0.25) is 0 Å². The average Bonchev–Trinajstić information content (AvgIpc) is 2.12. The van der Waals surface area contributed by atoms with Gasteiger partial charge in [-0.3, -0.25) is 0 Å². The van der Waals surface area contributed by atoms with Crippen LogP contribution in [0.1, 0.15) is 28.4 Å². The number of hydroxylamine groups is 1. The average molecular weight is 193 g/mol. The minimum atomic E-state index is -0.335. The third-order valence-electron chi connectivity index (χ3n) is 1.77. The van der Waals surface area contributed by atoms with Crippen LogP contribution >= 0.6 is 0 Å². The van der Waals surface area contributed by atoms with E-state index in [4.69, 9.17) is 4.84 Å². The molecule has 14 heavy (non-hydrogen) atoms. The first-order valence-electron chi connectivity index (χ1n) is 4.66. The number of carbonyl (C=O) groups excluding carboxylic acids is 1. The molecule has 0 unspecified atom stereocenters. The van der Waals surface area contributed by atoms with Gasteiger partial charge in [-0.1, -0.05) is 17.2 Å². The number of hydrogen-bond donors (Lipinski definition) is 1. The summed E-state index contributed by atoms with van der Waals surface area (Å²) >= 11 is 0. The molecule has 0 amide bonds. The van der Waals surface area contributed by atoms with E-state index in [0.29, 0.717) is 12.1 Å². The first kappa shape index (κ1) is 10.7. The van der Waals surface area contributed by atoms with Crippen LogP contribution in [-0.4, -0.2) is 12.5 Å². The minimum absolute atomic E-state index is 0.335. The minimum Gasteiger partial charge on any atom is -0.367 e. The quantitative estimate of drug-likeness (QED) is 0.746. The first-order valence-corrected chi connectivity index (χ1v) is 4.66. The highest BCUT2D eigenvalue weighted by Crippen LogP contribution is 2.09. The molecule has 0 bridgehead atoms. The van der Waals surface area contributed by atoms with Crippen LogP contribution in [0.4, 0.5) is 0 Å². The second-order valence-electron chi connectivity index (χ2n) is 3.26. The van der Waals surface area contributed by atoms with Crippen LogP contribution in [0.3, 0.4) is 0 Å². The summed E-state index contributed by atoms with van der Waals surface area (Å²) in [7, 11) is 0. The number of aryl methyl sites for hydroxylation is 2. The molecule has 1 N–H and O–H groups in total. The fraction of sp³-hybridized carbons (Fsp3) is 0.364. The molecule has 3 nitrogen and oxygen atoms in total. The lowest BCUT2D eigenvalue weighted by Crippen LogP contribution is -2.19. The molecular weight excluding hydrogens is 178 g/mol. The number of benzene rings is 1. The van der Waals surface area contributed by atoms with E-state index in [1.54, 1.807) is 0 Å². The third-order valence-corrected chi connectivity index (χ3v) is 1.77. The first-order chi connectivity index (χ1) is 6.63. The summed E-state index contributed by atoms with van der Waals surface area (Å²) in [6.45, 7) is 6.39. The summed E-state index contributed by atoms with van der Waals surface area (Å²) in [5, 5.41) is 0. The zero-order valence-corrected chi connectivity index (χ0v) is 8.76. The Morgan fingerprint density at radius 3 is 2.36 bits per heavy atom. The molecule has 0 heterocycles.